The SMILES string of the molecule is C1=CCC(c2cc(-c3cc(-c4cc(-c5ccccc5)ccn4)cc(-c4cc(-c5ccccc5)ccn4)c3)cc(-c3ccccc3)n2)C=C1. The Hall–Kier alpha value is -6.19. The van der Waals surface area contributed by atoms with Gasteiger partial charge >= 0.3 is 0 Å². The second-order valence-electron chi connectivity index (χ2n) is 12.1. The topological polar surface area (TPSA) is 38.7 Å². The number of aromatic nitrogens is 3. The number of allylic oxidation sites excluding steroid dienone is 4. The van der Waals surface area contributed by atoms with E-state index in [0.717, 1.165) is 79.3 Å². The molecule has 4 aromatic carbocycles. The summed E-state index contributed by atoms with van der Waals surface area (Å²) < 4.78 is 0. The summed E-state index contributed by atoms with van der Waals surface area (Å²) in [6.07, 6.45) is 13.4. The Morgan fingerprint density at radius 2 is 0.896 bits per heavy atom. The van der Waals surface area contributed by atoms with E-state index in [-0.39, 0.29) is 5.92 Å². The molecule has 0 saturated carbocycles. The number of rotatable bonds is 7. The molecular formula is C45H33N3. The number of hydrogen-bond donors (Lipinski definition) is 0. The van der Waals surface area contributed by atoms with Crippen LogP contribution in [0.2, 0.25) is 0 Å². The van der Waals surface area contributed by atoms with E-state index in [1.165, 1.54) is 0 Å². The third-order valence-corrected chi connectivity index (χ3v) is 8.87. The van der Waals surface area contributed by atoms with Crippen molar-refractivity contribution in [2.24, 2.45) is 0 Å². The van der Waals surface area contributed by atoms with Crippen molar-refractivity contribution in [1.82, 2.24) is 15.0 Å². The Kier molecular flexibility index (Phi) is 8.08. The van der Waals surface area contributed by atoms with Crippen LogP contribution in [0.4, 0.5) is 0 Å². The molecule has 1 unspecified atom stereocenters. The minimum Gasteiger partial charge on any atom is -0.256 e. The monoisotopic (exact) mass is 615 g/mol. The predicted molar refractivity (Wildman–Crippen MR) is 198 cm³/mol. The number of nitrogens with zero attached hydrogens (tertiary/aromatic N) is 3. The Morgan fingerprint density at radius 1 is 0.396 bits per heavy atom. The highest BCUT2D eigenvalue weighted by atomic mass is 14.7. The molecule has 1 aliphatic rings. The zero-order valence-electron chi connectivity index (χ0n) is 26.4. The normalized spacial score (nSPS) is 13.8. The first-order valence-corrected chi connectivity index (χ1v) is 16.4. The summed E-state index contributed by atoms with van der Waals surface area (Å²) in [6.45, 7) is 0. The number of pyridine rings is 3. The van der Waals surface area contributed by atoms with Crippen LogP contribution in [0.25, 0.3) is 67.2 Å². The largest absolute Gasteiger partial charge is 0.256 e. The van der Waals surface area contributed by atoms with Crippen LogP contribution < -0.4 is 0 Å². The van der Waals surface area contributed by atoms with E-state index < -0.39 is 0 Å². The Balaban J connectivity index is 1.32. The van der Waals surface area contributed by atoms with Crippen molar-refractivity contribution in [2.45, 2.75) is 12.3 Å². The first-order chi connectivity index (χ1) is 23.8. The van der Waals surface area contributed by atoms with Gasteiger partial charge in [0.25, 0.3) is 0 Å². The van der Waals surface area contributed by atoms with Crippen molar-refractivity contribution in [1.29, 1.82) is 0 Å². The summed E-state index contributed by atoms with van der Waals surface area (Å²) in [6, 6.07) is 51.1. The fraction of sp³-hybridized carbons (Fsp3) is 0.0444. The van der Waals surface area contributed by atoms with E-state index in [1.807, 2.05) is 30.6 Å². The number of hydrogen-bond acceptors (Lipinski definition) is 3. The minimum atomic E-state index is 0.216. The van der Waals surface area contributed by atoms with Gasteiger partial charge < -0.3 is 0 Å². The van der Waals surface area contributed by atoms with Crippen LogP contribution in [0, 0.1) is 0 Å². The van der Waals surface area contributed by atoms with Crippen molar-refractivity contribution in [2.75, 3.05) is 0 Å². The molecule has 3 heterocycles. The molecule has 0 N–H and O–H groups in total. The molecule has 0 amide bonds. The Labute approximate surface area is 281 Å². The van der Waals surface area contributed by atoms with Gasteiger partial charge in [-0.05, 0) is 94.4 Å². The van der Waals surface area contributed by atoms with Gasteiger partial charge in [0.15, 0.2) is 0 Å². The summed E-state index contributed by atoms with van der Waals surface area (Å²) in [7, 11) is 0. The van der Waals surface area contributed by atoms with Gasteiger partial charge in [0, 0.05) is 40.7 Å². The van der Waals surface area contributed by atoms with E-state index in [1.54, 1.807) is 0 Å². The van der Waals surface area contributed by atoms with Gasteiger partial charge in [-0.2, -0.15) is 0 Å². The molecule has 8 rings (SSSR count). The van der Waals surface area contributed by atoms with Crippen LogP contribution in [-0.2, 0) is 0 Å². The van der Waals surface area contributed by atoms with Gasteiger partial charge in [0.1, 0.15) is 0 Å². The van der Waals surface area contributed by atoms with Gasteiger partial charge in [0.2, 0.25) is 0 Å². The van der Waals surface area contributed by atoms with E-state index in [0.29, 0.717) is 0 Å². The van der Waals surface area contributed by atoms with Gasteiger partial charge in [0.05, 0.1) is 17.1 Å². The van der Waals surface area contributed by atoms with Crippen molar-refractivity contribution < 1.29 is 0 Å². The first kappa shape index (κ1) is 29.2. The maximum Gasteiger partial charge on any atom is 0.0711 e. The van der Waals surface area contributed by atoms with Gasteiger partial charge in [-0.3, -0.25) is 15.0 Å². The molecule has 0 aliphatic heterocycles. The van der Waals surface area contributed by atoms with Gasteiger partial charge in [-0.1, -0.05) is 115 Å². The molecule has 3 heteroatoms. The van der Waals surface area contributed by atoms with Crippen molar-refractivity contribution in [3.05, 3.63) is 188 Å². The lowest BCUT2D eigenvalue weighted by atomic mass is 9.91. The minimum absolute atomic E-state index is 0.216. The van der Waals surface area contributed by atoms with E-state index in [4.69, 9.17) is 15.0 Å². The molecule has 1 aliphatic carbocycles. The second kappa shape index (κ2) is 13.3. The highest BCUT2D eigenvalue weighted by Gasteiger charge is 2.17. The molecule has 3 nitrogen and oxygen atoms in total. The second-order valence-corrected chi connectivity index (χ2v) is 12.1. The zero-order chi connectivity index (χ0) is 32.1. The fourth-order valence-electron chi connectivity index (χ4n) is 6.35. The number of benzene rings is 4. The molecule has 0 bridgehead atoms. The van der Waals surface area contributed by atoms with Crippen LogP contribution in [0.1, 0.15) is 18.0 Å². The first-order valence-electron chi connectivity index (χ1n) is 16.4. The predicted octanol–water partition coefficient (Wildman–Crippen LogP) is 11.5. The highest BCUT2D eigenvalue weighted by molar-refractivity contribution is 5.83. The molecule has 7 aromatic rings. The summed E-state index contributed by atoms with van der Waals surface area (Å²) in [5.41, 5.74) is 13.8. The maximum absolute atomic E-state index is 5.19. The average Bonchev–Trinajstić information content (AvgIpc) is 3.19. The lowest BCUT2D eigenvalue weighted by Crippen LogP contribution is -2.02. The third-order valence-electron chi connectivity index (χ3n) is 8.87. The molecule has 0 spiro atoms. The quantitative estimate of drug-likeness (QED) is 0.179. The van der Waals surface area contributed by atoms with E-state index in [9.17, 15) is 0 Å². The van der Waals surface area contributed by atoms with Crippen molar-refractivity contribution in [3.63, 3.8) is 0 Å². The standard InChI is InChI=1S/C45H33N3/c1-5-13-32(14-6-1)36-21-23-46-42(28-36)40-25-38(26-41(27-40)43-29-37(22-24-47-43)33-15-7-2-8-16-33)39-30-44(34-17-9-3-10-18-34)48-45(31-39)35-19-11-4-12-20-35/h1-19,21-31,35H,20H2. The lowest BCUT2D eigenvalue weighted by molar-refractivity contribution is 0.818. The van der Waals surface area contributed by atoms with Crippen LogP contribution in [0.3, 0.4) is 0 Å². The molecular weight excluding hydrogens is 583 g/mol. The molecule has 0 saturated heterocycles. The Bertz CT molecular complexity index is 2150. The van der Waals surface area contributed by atoms with Crippen molar-refractivity contribution >= 4 is 0 Å². The summed E-state index contributed by atoms with van der Waals surface area (Å²) in [4.78, 5) is 14.9. The highest BCUT2D eigenvalue weighted by Crippen LogP contribution is 2.37. The van der Waals surface area contributed by atoms with Crippen molar-refractivity contribution in [3.8, 4) is 67.2 Å². The molecule has 3 aromatic heterocycles. The van der Waals surface area contributed by atoms with E-state index in [2.05, 4.69) is 152 Å². The zero-order valence-corrected chi connectivity index (χ0v) is 26.4. The molecule has 48 heavy (non-hydrogen) atoms. The molecule has 0 radical (unpaired) electrons. The summed E-state index contributed by atoms with van der Waals surface area (Å²) in [5, 5.41) is 0. The summed E-state index contributed by atoms with van der Waals surface area (Å²) in [5.74, 6) is 0.216. The van der Waals surface area contributed by atoms with Gasteiger partial charge in [-0.25, -0.2) is 0 Å². The lowest BCUT2D eigenvalue weighted by Gasteiger charge is -2.17. The fourth-order valence-corrected chi connectivity index (χ4v) is 6.35. The van der Waals surface area contributed by atoms with E-state index >= 15 is 0 Å². The Morgan fingerprint density at radius 3 is 1.44 bits per heavy atom. The third kappa shape index (κ3) is 6.27. The summed E-state index contributed by atoms with van der Waals surface area (Å²) >= 11 is 0. The molecule has 0 fully saturated rings. The molecule has 228 valence electrons. The van der Waals surface area contributed by atoms with Gasteiger partial charge in [-0.15, -0.1) is 0 Å². The van der Waals surface area contributed by atoms with Crippen LogP contribution >= 0.6 is 0 Å². The van der Waals surface area contributed by atoms with Crippen LogP contribution in [0.15, 0.2) is 182 Å². The molecule has 1 atom stereocenters. The maximum atomic E-state index is 5.19. The average molecular weight is 616 g/mol. The van der Waals surface area contributed by atoms with Crippen LogP contribution in [0.5, 0.6) is 0 Å². The van der Waals surface area contributed by atoms with Crippen LogP contribution in [-0.4, -0.2) is 15.0 Å². The smallest absolute Gasteiger partial charge is 0.0711 e.